The Balaban J connectivity index is 0.00000172. The largest absolute Gasteiger partial charge is 0.493 e. The van der Waals surface area contributed by atoms with Crippen molar-refractivity contribution in [3.05, 3.63) is 12.1 Å². The number of ether oxygens (including phenoxy) is 3. The van der Waals surface area contributed by atoms with E-state index in [1.54, 1.807) is 12.1 Å². The summed E-state index contributed by atoms with van der Waals surface area (Å²) in [7, 11) is 3.02. The summed E-state index contributed by atoms with van der Waals surface area (Å²) in [6, 6.07) is 3.51. The maximum absolute atomic E-state index is 11.3. The molecule has 5 nitrogen and oxygen atoms in total. The van der Waals surface area contributed by atoms with Gasteiger partial charge in [0.1, 0.15) is 5.33 Å². The summed E-state index contributed by atoms with van der Waals surface area (Å²) in [5, 5.41) is 3.25. The minimum absolute atomic E-state index is 0.105. The van der Waals surface area contributed by atoms with Gasteiger partial charge >= 0.3 is 5.97 Å². The second-order valence-corrected chi connectivity index (χ2v) is 3.91. The van der Waals surface area contributed by atoms with Gasteiger partial charge in [-0.15, -0.1) is 0 Å². The zero-order valence-electron chi connectivity index (χ0n) is 12.6. The lowest BCUT2D eigenvalue weighted by molar-refractivity contribution is -0.131. The van der Waals surface area contributed by atoms with E-state index in [-0.39, 0.29) is 11.1 Å². The Hall–Kier alpha value is -1.43. The van der Waals surface area contributed by atoms with E-state index in [1.165, 1.54) is 14.2 Å². The van der Waals surface area contributed by atoms with Crippen molar-refractivity contribution < 1.29 is 19.0 Å². The zero-order valence-corrected chi connectivity index (χ0v) is 14.2. The van der Waals surface area contributed by atoms with Gasteiger partial charge in [-0.1, -0.05) is 29.8 Å². The van der Waals surface area contributed by atoms with E-state index in [9.17, 15) is 4.79 Å². The van der Waals surface area contributed by atoms with Gasteiger partial charge < -0.3 is 19.5 Å². The number of rotatable bonds is 6. The number of methoxy groups -OCH3 is 2. The number of nitrogens with one attached hydrogen (secondary N) is 1. The van der Waals surface area contributed by atoms with Crippen molar-refractivity contribution in [2.45, 2.75) is 20.8 Å². The minimum atomic E-state index is -0.414. The molecule has 0 bridgehead atoms. The van der Waals surface area contributed by atoms with Crippen LogP contribution in [0.15, 0.2) is 12.1 Å². The molecule has 0 radical (unpaired) electrons. The first-order chi connectivity index (χ1) is 9.65. The number of carbonyl (C=O) groups is 1. The molecule has 0 aliphatic carbocycles. The minimum Gasteiger partial charge on any atom is -0.493 e. The number of esters is 1. The Labute approximate surface area is 128 Å². The van der Waals surface area contributed by atoms with Crippen molar-refractivity contribution in [3.63, 3.8) is 0 Å². The molecule has 20 heavy (non-hydrogen) atoms. The van der Waals surface area contributed by atoms with Crippen molar-refractivity contribution in [1.82, 2.24) is 0 Å². The Bertz CT molecular complexity index is 399. The fourth-order valence-electron chi connectivity index (χ4n) is 1.43. The van der Waals surface area contributed by atoms with Crippen molar-refractivity contribution in [3.8, 4) is 17.2 Å². The van der Waals surface area contributed by atoms with E-state index in [2.05, 4.69) is 21.2 Å². The van der Waals surface area contributed by atoms with Crippen LogP contribution >= 0.6 is 15.9 Å². The molecule has 0 fully saturated rings. The average Bonchev–Trinajstić information content (AvgIpc) is 2.50. The van der Waals surface area contributed by atoms with Crippen LogP contribution in [0.25, 0.3) is 0 Å². The molecule has 0 unspecified atom stereocenters. The SMILES string of the molecule is CC.CCNc1cc(OC)c(OC(=O)CBr)c(OC)c1. The predicted molar refractivity (Wildman–Crippen MR) is 84.5 cm³/mol. The van der Waals surface area contributed by atoms with Crippen LogP contribution in [0.2, 0.25) is 0 Å². The van der Waals surface area contributed by atoms with Crippen LogP contribution < -0.4 is 19.5 Å². The molecule has 6 heteroatoms. The predicted octanol–water partition coefficient (Wildman–Crippen LogP) is 3.46. The molecule has 0 amide bonds. The van der Waals surface area contributed by atoms with E-state index in [0.717, 1.165) is 12.2 Å². The van der Waals surface area contributed by atoms with Gasteiger partial charge in [0.05, 0.1) is 14.2 Å². The van der Waals surface area contributed by atoms with Gasteiger partial charge in [0, 0.05) is 24.4 Å². The van der Waals surface area contributed by atoms with Crippen LogP contribution in [0.1, 0.15) is 20.8 Å². The molecule has 0 heterocycles. The number of hydrogen-bond donors (Lipinski definition) is 1. The molecular formula is C14H22BrNO4. The lowest BCUT2D eigenvalue weighted by atomic mass is 10.2. The maximum Gasteiger partial charge on any atom is 0.322 e. The molecular weight excluding hydrogens is 326 g/mol. The first-order valence-corrected chi connectivity index (χ1v) is 7.54. The first-order valence-electron chi connectivity index (χ1n) is 6.42. The summed E-state index contributed by atoms with van der Waals surface area (Å²) in [6.07, 6.45) is 0. The molecule has 1 rings (SSSR count). The average molecular weight is 348 g/mol. The highest BCUT2D eigenvalue weighted by molar-refractivity contribution is 9.09. The van der Waals surface area contributed by atoms with Gasteiger partial charge in [0.2, 0.25) is 5.75 Å². The highest BCUT2D eigenvalue weighted by Gasteiger charge is 2.17. The third-order valence-electron chi connectivity index (χ3n) is 2.17. The summed E-state index contributed by atoms with van der Waals surface area (Å²) >= 11 is 3.04. The van der Waals surface area contributed by atoms with E-state index in [1.807, 2.05) is 20.8 Å². The Morgan fingerprint density at radius 3 is 2.05 bits per heavy atom. The normalized spacial score (nSPS) is 9.10. The number of anilines is 1. The second-order valence-electron chi connectivity index (χ2n) is 3.35. The van der Waals surface area contributed by atoms with Crippen LogP contribution in [-0.2, 0) is 4.79 Å². The molecule has 0 aliphatic heterocycles. The van der Waals surface area contributed by atoms with Crippen LogP contribution in [0.3, 0.4) is 0 Å². The molecule has 0 saturated heterocycles. The van der Waals surface area contributed by atoms with E-state index in [4.69, 9.17) is 14.2 Å². The molecule has 0 aromatic heterocycles. The Morgan fingerprint density at radius 2 is 1.70 bits per heavy atom. The fourth-order valence-corrected chi connectivity index (χ4v) is 1.54. The molecule has 1 aromatic rings. The smallest absolute Gasteiger partial charge is 0.322 e. The molecule has 1 N–H and O–H groups in total. The summed E-state index contributed by atoms with van der Waals surface area (Å²) in [5.41, 5.74) is 0.838. The van der Waals surface area contributed by atoms with E-state index >= 15 is 0 Å². The Morgan fingerprint density at radius 1 is 1.20 bits per heavy atom. The van der Waals surface area contributed by atoms with Crippen molar-refractivity contribution >= 4 is 27.6 Å². The van der Waals surface area contributed by atoms with Gasteiger partial charge in [-0.25, -0.2) is 0 Å². The number of benzene rings is 1. The highest BCUT2D eigenvalue weighted by Crippen LogP contribution is 2.40. The standard InChI is InChI=1S/C12H16BrNO4.C2H6/c1-4-14-8-5-9(16-2)12(10(6-8)17-3)18-11(15)7-13;1-2/h5-6,14H,4,7H2,1-3H3;1-2H3. The van der Waals surface area contributed by atoms with Crippen LogP contribution in [0.5, 0.6) is 17.2 Å². The van der Waals surface area contributed by atoms with Gasteiger partial charge in [-0.2, -0.15) is 0 Å². The van der Waals surface area contributed by atoms with Crippen LogP contribution in [-0.4, -0.2) is 32.1 Å². The topological polar surface area (TPSA) is 56.8 Å². The number of hydrogen-bond acceptors (Lipinski definition) is 5. The lowest BCUT2D eigenvalue weighted by Gasteiger charge is -2.15. The summed E-state index contributed by atoms with van der Waals surface area (Å²) < 4.78 is 15.6. The lowest BCUT2D eigenvalue weighted by Crippen LogP contribution is -2.11. The third kappa shape index (κ3) is 5.28. The van der Waals surface area contributed by atoms with Gasteiger partial charge in [-0.05, 0) is 6.92 Å². The highest BCUT2D eigenvalue weighted by atomic mass is 79.9. The zero-order chi connectivity index (χ0) is 15.5. The Kier molecular flexibility index (Phi) is 9.63. The maximum atomic E-state index is 11.3. The third-order valence-corrected chi connectivity index (χ3v) is 2.62. The summed E-state index contributed by atoms with van der Waals surface area (Å²) in [6.45, 7) is 6.75. The quantitative estimate of drug-likeness (QED) is 0.485. The van der Waals surface area contributed by atoms with E-state index in [0.29, 0.717) is 11.5 Å². The monoisotopic (exact) mass is 347 g/mol. The van der Waals surface area contributed by atoms with Gasteiger partial charge in [0.25, 0.3) is 0 Å². The van der Waals surface area contributed by atoms with Crippen molar-refractivity contribution in [2.24, 2.45) is 0 Å². The van der Waals surface area contributed by atoms with Crippen LogP contribution in [0.4, 0.5) is 5.69 Å². The second kappa shape index (κ2) is 10.4. The van der Waals surface area contributed by atoms with Gasteiger partial charge in [-0.3, -0.25) is 4.79 Å². The van der Waals surface area contributed by atoms with Crippen molar-refractivity contribution in [1.29, 1.82) is 0 Å². The molecule has 1 aromatic carbocycles. The van der Waals surface area contributed by atoms with Crippen LogP contribution in [0, 0.1) is 0 Å². The summed E-state index contributed by atoms with van der Waals surface area (Å²) in [4.78, 5) is 11.3. The molecule has 0 saturated carbocycles. The fraction of sp³-hybridized carbons (Fsp3) is 0.500. The molecule has 0 aliphatic rings. The molecule has 114 valence electrons. The molecule has 0 atom stereocenters. The number of carbonyl (C=O) groups excluding carboxylic acids is 1. The number of alkyl halides is 1. The molecule has 0 spiro atoms. The summed E-state index contributed by atoms with van der Waals surface area (Å²) in [5.74, 6) is 0.758. The van der Waals surface area contributed by atoms with E-state index < -0.39 is 5.97 Å². The van der Waals surface area contributed by atoms with Gasteiger partial charge in [0.15, 0.2) is 11.5 Å². The van der Waals surface area contributed by atoms with Crippen molar-refractivity contribution in [2.75, 3.05) is 31.4 Å². The first kappa shape index (κ1) is 18.6. The number of halogens is 1.